The molecule has 1 amide bonds. The number of ether oxygens (including phenoxy) is 1. The van der Waals surface area contributed by atoms with Crippen LogP contribution in [-0.4, -0.2) is 50.0 Å². The van der Waals surface area contributed by atoms with Gasteiger partial charge in [0.25, 0.3) is 0 Å². The number of aliphatic imine (C=N–C) groups is 1. The number of nitrogens with one attached hydrogen (secondary N) is 1. The van der Waals surface area contributed by atoms with Crippen LogP contribution in [0.1, 0.15) is 41.1 Å². The van der Waals surface area contributed by atoms with E-state index in [9.17, 15) is 9.59 Å². The third kappa shape index (κ3) is 5.89. The first-order valence-electron chi connectivity index (χ1n) is 8.36. The van der Waals surface area contributed by atoms with E-state index >= 15 is 0 Å². The van der Waals surface area contributed by atoms with Gasteiger partial charge in [0.15, 0.2) is 5.96 Å². The quantitative estimate of drug-likeness (QED) is 0.288. The second-order valence-corrected chi connectivity index (χ2v) is 6.20. The minimum Gasteiger partial charge on any atom is -0.465 e. The van der Waals surface area contributed by atoms with Gasteiger partial charge in [0.05, 0.1) is 13.7 Å². The first-order valence-corrected chi connectivity index (χ1v) is 8.36. The molecule has 1 unspecified atom stereocenters. The fraction of sp³-hybridized carbons (Fsp3) is 0.588. The van der Waals surface area contributed by atoms with Crippen LogP contribution in [-0.2, 0) is 16.1 Å². The number of aryl methyl sites for hydroxylation is 1. The summed E-state index contributed by atoms with van der Waals surface area (Å²) in [4.78, 5) is 29.2. The Morgan fingerprint density at radius 2 is 2.23 bits per heavy atom. The molecule has 146 valence electrons. The number of furan rings is 1. The van der Waals surface area contributed by atoms with E-state index in [1.165, 1.54) is 7.11 Å². The van der Waals surface area contributed by atoms with Crippen LogP contribution < -0.4 is 11.1 Å². The molecular formula is C17H27IN4O4. The normalized spacial score (nSPS) is 17.4. The van der Waals surface area contributed by atoms with Crippen LogP contribution in [0.4, 0.5) is 0 Å². The Morgan fingerprint density at radius 3 is 2.85 bits per heavy atom. The van der Waals surface area contributed by atoms with Crippen molar-refractivity contribution in [3.8, 4) is 0 Å². The van der Waals surface area contributed by atoms with E-state index in [1.807, 2.05) is 0 Å². The number of carbonyl (C=O) groups is 2. The number of amides is 1. The van der Waals surface area contributed by atoms with Crippen molar-refractivity contribution >= 4 is 41.8 Å². The van der Waals surface area contributed by atoms with Crippen molar-refractivity contribution in [1.82, 2.24) is 10.2 Å². The first kappa shape index (κ1) is 22.3. The van der Waals surface area contributed by atoms with Crippen molar-refractivity contribution in [2.45, 2.75) is 32.7 Å². The van der Waals surface area contributed by atoms with E-state index in [-0.39, 0.29) is 35.8 Å². The first-order chi connectivity index (χ1) is 11.9. The highest BCUT2D eigenvalue weighted by atomic mass is 127. The second-order valence-electron chi connectivity index (χ2n) is 6.20. The molecule has 1 aliphatic heterocycles. The van der Waals surface area contributed by atoms with Gasteiger partial charge >= 0.3 is 5.97 Å². The summed E-state index contributed by atoms with van der Waals surface area (Å²) in [6, 6.07) is 1.67. The number of hydrogen-bond donors (Lipinski definition) is 2. The van der Waals surface area contributed by atoms with Gasteiger partial charge in [-0.1, -0.05) is 0 Å². The lowest BCUT2D eigenvalue weighted by Gasteiger charge is -2.34. The van der Waals surface area contributed by atoms with Crippen LogP contribution >= 0.6 is 24.0 Å². The molecule has 0 spiro atoms. The average molecular weight is 478 g/mol. The van der Waals surface area contributed by atoms with Gasteiger partial charge in [0.2, 0.25) is 5.91 Å². The van der Waals surface area contributed by atoms with Crippen LogP contribution in [0.15, 0.2) is 15.5 Å². The van der Waals surface area contributed by atoms with Gasteiger partial charge in [-0.2, -0.15) is 0 Å². The zero-order valence-corrected chi connectivity index (χ0v) is 17.7. The molecule has 0 saturated carbocycles. The van der Waals surface area contributed by atoms with Gasteiger partial charge in [-0.05, 0) is 31.7 Å². The number of carbonyl (C=O) groups excluding carboxylic acids is 2. The molecule has 1 aromatic heterocycles. The Hall–Kier alpha value is -1.78. The Labute approximate surface area is 170 Å². The van der Waals surface area contributed by atoms with Crippen molar-refractivity contribution in [2.75, 3.05) is 27.2 Å². The Balaban J connectivity index is 0.00000338. The zero-order valence-electron chi connectivity index (χ0n) is 15.4. The van der Waals surface area contributed by atoms with Gasteiger partial charge in [-0.15, -0.1) is 24.0 Å². The largest absolute Gasteiger partial charge is 0.465 e. The minimum atomic E-state index is -0.415. The molecule has 0 bridgehead atoms. The predicted molar refractivity (Wildman–Crippen MR) is 109 cm³/mol. The van der Waals surface area contributed by atoms with Gasteiger partial charge in [0, 0.05) is 26.6 Å². The van der Waals surface area contributed by atoms with E-state index in [0.717, 1.165) is 31.9 Å². The maximum Gasteiger partial charge on any atom is 0.341 e. The SMILES string of the molecule is CN=C(NCc1cc(C(=O)OC)c(C)o1)N1CCCC(CC(N)=O)C1.I. The van der Waals surface area contributed by atoms with Crippen molar-refractivity contribution in [1.29, 1.82) is 0 Å². The Bertz CT molecular complexity index is 659. The van der Waals surface area contributed by atoms with Crippen molar-refractivity contribution in [2.24, 2.45) is 16.6 Å². The minimum absolute atomic E-state index is 0. The Morgan fingerprint density at radius 1 is 1.50 bits per heavy atom. The topological polar surface area (TPSA) is 110 Å². The molecule has 26 heavy (non-hydrogen) atoms. The molecular weight excluding hydrogens is 451 g/mol. The van der Waals surface area contributed by atoms with Crippen molar-refractivity contribution in [3.63, 3.8) is 0 Å². The molecule has 0 aromatic carbocycles. The molecule has 2 heterocycles. The number of hydrogen-bond acceptors (Lipinski definition) is 5. The van der Waals surface area contributed by atoms with Crippen molar-refractivity contribution < 1.29 is 18.7 Å². The van der Waals surface area contributed by atoms with Crippen LogP contribution in [0.25, 0.3) is 0 Å². The number of rotatable bonds is 5. The predicted octanol–water partition coefficient (Wildman–Crippen LogP) is 1.66. The van der Waals surface area contributed by atoms with Crippen LogP contribution in [0.3, 0.4) is 0 Å². The summed E-state index contributed by atoms with van der Waals surface area (Å²) in [5.41, 5.74) is 5.74. The van der Waals surface area contributed by atoms with Gasteiger partial charge in [0.1, 0.15) is 17.1 Å². The molecule has 1 fully saturated rings. The number of guanidine groups is 1. The molecule has 1 aromatic rings. The van der Waals surface area contributed by atoms with E-state index in [4.69, 9.17) is 14.9 Å². The zero-order chi connectivity index (χ0) is 18.4. The van der Waals surface area contributed by atoms with Gasteiger partial charge in [-0.25, -0.2) is 4.79 Å². The maximum atomic E-state index is 11.6. The third-order valence-corrected chi connectivity index (χ3v) is 4.32. The summed E-state index contributed by atoms with van der Waals surface area (Å²) >= 11 is 0. The maximum absolute atomic E-state index is 11.6. The van der Waals surface area contributed by atoms with E-state index in [2.05, 4.69) is 15.2 Å². The van der Waals surface area contributed by atoms with Gasteiger partial charge in [-0.3, -0.25) is 9.79 Å². The smallest absolute Gasteiger partial charge is 0.341 e. The number of methoxy groups -OCH3 is 1. The molecule has 0 radical (unpaired) electrons. The molecule has 3 N–H and O–H groups in total. The van der Waals surface area contributed by atoms with Gasteiger partial charge < -0.3 is 25.1 Å². The lowest BCUT2D eigenvalue weighted by atomic mass is 9.95. The lowest BCUT2D eigenvalue weighted by molar-refractivity contribution is -0.119. The molecule has 1 saturated heterocycles. The number of halogens is 1. The van der Waals surface area contributed by atoms with Crippen LogP contribution in [0.5, 0.6) is 0 Å². The highest BCUT2D eigenvalue weighted by Crippen LogP contribution is 2.20. The standard InChI is InChI=1S/C17H26N4O4.HI/c1-11-14(16(23)24-3)8-13(25-11)9-20-17(19-2)21-6-4-5-12(10-21)7-15(18)22;/h8,12H,4-7,9-10H2,1-3H3,(H2,18,22)(H,19,20);1H. The number of nitrogens with two attached hydrogens (primary N) is 1. The molecule has 8 nitrogen and oxygen atoms in total. The van der Waals surface area contributed by atoms with E-state index in [1.54, 1.807) is 20.0 Å². The number of likely N-dealkylation sites (tertiary alicyclic amines) is 1. The fourth-order valence-electron chi connectivity index (χ4n) is 3.15. The number of esters is 1. The second kappa shape index (κ2) is 10.4. The number of primary amides is 1. The molecule has 1 aliphatic rings. The molecule has 0 aliphatic carbocycles. The summed E-state index contributed by atoms with van der Waals surface area (Å²) in [5.74, 6) is 1.46. The summed E-state index contributed by atoms with van der Waals surface area (Å²) < 4.78 is 10.3. The van der Waals surface area contributed by atoms with Crippen molar-refractivity contribution in [3.05, 3.63) is 23.2 Å². The van der Waals surface area contributed by atoms with E-state index < -0.39 is 5.97 Å². The number of piperidine rings is 1. The summed E-state index contributed by atoms with van der Waals surface area (Å²) in [6.07, 6.45) is 2.38. The Kier molecular flexibility index (Phi) is 8.89. The third-order valence-electron chi connectivity index (χ3n) is 4.32. The summed E-state index contributed by atoms with van der Waals surface area (Å²) in [7, 11) is 3.06. The highest BCUT2D eigenvalue weighted by Gasteiger charge is 2.24. The summed E-state index contributed by atoms with van der Waals surface area (Å²) in [6.45, 7) is 3.75. The van der Waals surface area contributed by atoms with E-state index in [0.29, 0.717) is 30.0 Å². The summed E-state index contributed by atoms with van der Waals surface area (Å²) in [5, 5.41) is 3.24. The monoisotopic (exact) mass is 478 g/mol. The fourth-order valence-corrected chi connectivity index (χ4v) is 3.15. The van der Waals surface area contributed by atoms with Crippen LogP contribution in [0.2, 0.25) is 0 Å². The number of nitrogens with zero attached hydrogens (tertiary/aromatic N) is 2. The average Bonchev–Trinajstić information content (AvgIpc) is 2.95. The van der Waals surface area contributed by atoms with Crippen LogP contribution in [0, 0.1) is 12.8 Å². The lowest BCUT2D eigenvalue weighted by Crippen LogP contribution is -2.46. The molecule has 2 rings (SSSR count). The molecule has 9 heteroatoms. The highest BCUT2D eigenvalue weighted by molar-refractivity contribution is 14.0. The molecule has 1 atom stereocenters.